The van der Waals surface area contributed by atoms with E-state index in [1.54, 1.807) is 0 Å². The van der Waals surface area contributed by atoms with E-state index in [1.165, 1.54) is 5.56 Å². The zero-order valence-electron chi connectivity index (χ0n) is 11.7. The first-order chi connectivity index (χ1) is 9.65. The monoisotopic (exact) mass is 294 g/mol. The van der Waals surface area contributed by atoms with E-state index in [0.717, 1.165) is 57.2 Å². The molecule has 0 unspecified atom stereocenters. The molecule has 0 radical (unpaired) electrons. The lowest BCUT2D eigenvalue weighted by molar-refractivity contribution is 0.486. The van der Waals surface area contributed by atoms with Crippen LogP contribution in [0.4, 0.5) is 11.4 Å². The van der Waals surface area contributed by atoms with E-state index in [0.29, 0.717) is 5.69 Å². The Bertz CT molecular complexity index is 578. The summed E-state index contributed by atoms with van der Waals surface area (Å²) in [5, 5.41) is 3.11. The van der Waals surface area contributed by atoms with Gasteiger partial charge >= 0.3 is 0 Å². The standard InChI is InChI=1S/C15H22N2O2S/c18-20(19,14-6-2-1-3-7-14)17-13-9-8-12-5-4-10-16-15(12)11-13/h8-9,11,14,16-17H,1-7,10H2. The number of aryl methyl sites for hydroxylation is 1. The molecule has 1 aliphatic heterocycles. The Kier molecular flexibility index (Phi) is 3.87. The minimum Gasteiger partial charge on any atom is -0.385 e. The largest absolute Gasteiger partial charge is 0.385 e. The second kappa shape index (κ2) is 5.64. The number of sulfonamides is 1. The number of hydrogen-bond donors (Lipinski definition) is 2. The summed E-state index contributed by atoms with van der Waals surface area (Å²) in [6, 6.07) is 5.83. The van der Waals surface area contributed by atoms with Crippen molar-refractivity contribution in [1.82, 2.24) is 0 Å². The fourth-order valence-corrected chi connectivity index (χ4v) is 4.72. The summed E-state index contributed by atoms with van der Waals surface area (Å²) in [7, 11) is -3.24. The van der Waals surface area contributed by atoms with Crippen LogP contribution in [-0.2, 0) is 16.4 Å². The maximum atomic E-state index is 12.4. The van der Waals surface area contributed by atoms with Gasteiger partial charge in [-0.25, -0.2) is 8.42 Å². The summed E-state index contributed by atoms with van der Waals surface area (Å²) in [6.45, 7) is 0.964. The molecule has 0 aromatic heterocycles. The Morgan fingerprint density at radius 3 is 2.70 bits per heavy atom. The number of anilines is 2. The number of benzene rings is 1. The molecule has 1 aromatic rings. The van der Waals surface area contributed by atoms with Gasteiger partial charge in [-0.2, -0.15) is 0 Å². The Labute approximate surface area is 121 Å². The van der Waals surface area contributed by atoms with Crippen molar-refractivity contribution in [3.8, 4) is 0 Å². The average molecular weight is 294 g/mol. The van der Waals surface area contributed by atoms with Crippen LogP contribution in [0.25, 0.3) is 0 Å². The highest BCUT2D eigenvalue weighted by molar-refractivity contribution is 7.93. The molecule has 0 amide bonds. The minimum atomic E-state index is -3.24. The van der Waals surface area contributed by atoms with Gasteiger partial charge in [-0.05, 0) is 43.4 Å². The summed E-state index contributed by atoms with van der Waals surface area (Å²) in [5.74, 6) is 0. The molecule has 1 aromatic carbocycles. The molecule has 110 valence electrons. The molecule has 0 saturated heterocycles. The molecule has 2 N–H and O–H groups in total. The van der Waals surface area contributed by atoms with Crippen LogP contribution in [0.1, 0.15) is 44.1 Å². The van der Waals surface area contributed by atoms with Crippen LogP contribution in [0.5, 0.6) is 0 Å². The van der Waals surface area contributed by atoms with E-state index in [2.05, 4.69) is 10.0 Å². The molecule has 0 spiro atoms. The highest BCUT2D eigenvalue weighted by atomic mass is 32.2. The van der Waals surface area contributed by atoms with Gasteiger partial charge < -0.3 is 5.32 Å². The average Bonchev–Trinajstić information content (AvgIpc) is 2.48. The van der Waals surface area contributed by atoms with Gasteiger partial charge in [-0.3, -0.25) is 4.72 Å². The SMILES string of the molecule is O=S(=O)(Nc1ccc2c(c1)NCCC2)C1CCCCC1. The maximum Gasteiger partial charge on any atom is 0.235 e. The van der Waals surface area contributed by atoms with Crippen molar-refractivity contribution in [3.05, 3.63) is 23.8 Å². The third kappa shape index (κ3) is 2.92. The molecule has 2 aliphatic rings. The van der Waals surface area contributed by atoms with Crippen LogP contribution in [-0.4, -0.2) is 20.2 Å². The van der Waals surface area contributed by atoms with Crippen LogP contribution < -0.4 is 10.0 Å². The lowest BCUT2D eigenvalue weighted by atomic mass is 10.0. The summed E-state index contributed by atoms with van der Waals surface area (Å²) in [4.78, 5) is 0. The lowest BCUT2D eigenvalue weighted by Gasteiger charge is -2.23. The van der Waals surface area contributed by atoms with Crippen molar-refractivity contribution in [3.63, 3.8) is 0 Å². The van der Waals surface area contributed by atoms with Crippen LogP contribution in [0, 0.1) is 0 Å². The van der Waals surface area contributed by atoms with Crippen molar-refractivity contribution < 1.29 is 8.42 Å². The number of rotatable bonds is 3. The minimum absolute atomic E-state index is 0.222. The van der Waals surface area contributed by atoms with E-state index in [4.69, 9.17) is 0 Å². The highest BCUT2D eigenvalue weighted by Crippen LogP contribution is 2.28. The van der Waals surface area contributed by atoms with Crippen molar-refractivity contribution >= 4 is 21.4 Å². The molecular weight excluding hydrogens is 272 g/mol. The van der Waals surface area contributed by atoms with Crippen molar-refractivity contribution in [2.24, 2.45) is 0 Å². The van der Waals surface area contributed by atoms with Gasteiger partial charge in [-0.15, -0.1) is 0 Å². The van der Waals surface area contributed by atoms with Gasteiger partial charge in [0.1, 0.15) is 0 Å². The molecule has 0 bridgehead atoms. The van der Waals surface area contributed by atoms with Crippen molar-refractivity contribution in [2.75, 3.05) is 16.6 Å². The molecular formula is C15H22N2O2S. The first kappa shape index (κ1) is 13.7. The van der Waals surface area contributed by atoms with Crippen LogP contribution in [0.15, 0.2) is 18.2 Å². The second-order valence-corrected chi connectivity index (χ2v) is 7.77. The molecule has 3 rings (SSSR count). The predicted octanol–water partition coefficient (Wildman–Crippen LogP) is 3.12. The van der Waals surface area contributed by atoms with Crippen LogP contribution >= 0.6 is 0 Å². The first-order valence-electron chi connectivity index (χ1n) is 7.53. The van der Waals surface area contributed by atoms with Crippen molar-refractivity contribution in [1.29, 1.82) is 0 Å². The Balaban J connectivity index is 1.76. The fraction of sp³-hybridized carbons (Fsp3) is 0.600. The van der Waals surface area contributed by atoms with Gasteiger partial charge in [0.2, 0.25) is 10.0 Å². The molecule has 5 heteroatoms. The van der Waals surface area contributed by atoms with E-state index in [9.17, 15) is 8.42 Å². The summed E-state index contributed by atoms with van der Waals surface area (Å²) < 4.78 is 27.6. The summed E-state index contributed by atoms with van der Waals surface area (Å²) in [6.07, 6.45) is 7.00. The van der Waals surface area contributed by atoms with E-state index >= 15 is 0 Å². The highest BCUT2D eigenvalue weighted by Gasteiger charge is 2.27. The number of hydrogen-bond acceptors (Lipinski definition) is 3. The van der Waals surface area contributed by atoms with E-state index in [-0.39, 0.29) is 5.25 Å². The Morgan fingerprint density at radius 2 is 1.90 bits per heavy atom. The van der Waals surface area contributed by atoms with Crippen LogP contribution in [0.3, 0.4) is 0 Å². The van der Waals surface area contributed by atoms with Gasteiger partial charge in [-0.1, -0.05) is 25.3 Å². The quantitative estimate of drug-likeness (QED) is 0.900. The fourth-order valence-electron chi connectivity index (χ4n) is 3.15. The molecule has 1 fully saturated rings. The molecule has 20 heavy (non-hydrogen) atoms. The molecule has 1 saturated carbocycles. The predicted molar refractivity (Wildman–Crippen MR) is 82.7 cm³/mol. The molecule has 0 atom stereocenters. The Morgan fingerprint density at radius 1 is 1.10 bits per heavy atom. The number of nitrogens with one attached hydrogen (secondary N) is 2. The molecule has 1 aliphatic carbocycles. The van der Waals surface area contributed by atoms with Gasteiger partial charge in [0.25, 0.3) is 0 Å². The molecule has 1 heterocycles. The normalized spacial score (nSPS) is 20.0. The zero-order chi connectivity index (χ0) is 14.0. The van der Waals surface area contributed by atoms with Gasteiger partial charge in [0.15, 0.2) is 0 Å². The van der Waals surface area contributed by atoms with E-state index < -0.39 is 10.0 Å². The lowest BCUT2D eigenvalue weighted by Crippen LogP contribution is -2.29. The Hall–Kier alpha value is -1.23. The third-order valence-electron chi connectivity index (χ3n) is 4.30. The number of fused-ring (bicyclic) bond motifs is 1. The van der Waals surface area contributed by atoms with Crippen molar-refractivity contribution in [2.45, 2.75) is 50.2 Å². The van der Waals surface area contributed by atoms with E-state index in [1.807, 2.05) is 18.2 Å². The zero-order valence-corrected chi connectivity index (χ0v) is 12.5. The topological polar surface area (TPSA) is 58.2 Å². The molecule has 4 nitrogen and oxygen atoms in total. The smallest absolute Gasteiger partial charge is 0.235 e. The third-order valence-corrected chi connectivity index (χ3v) is 6.17. The van der Waals surface area contributed by atoms with Crippen LogP contribution in [0.2, 0.25) is 0 Å². The second-order valence-electron chi connectivity index (χ2n) is 5.81. The summed E-state index contributed by atoms with van der Waals surface area (Å²) >= 11 is 0. The maximum absolute atomic E-state index is 12.4. The summed E-state index contributed by atoms with van der Waals surface area (Å²) in [5.41, 5.74) is 3.03. The van der Waals surface area contributed by atoms with Gasteiger partial charge in [0, 0.05) is 12.2 Å². The first-order valence-corrected chi connectivity index (χ1v) is 9.08. The van der Waals surface area contributed by atoms with Gasteiger partial charge in [0.05, 0.1) is 10.9 Å².